The highest BCUT2D eigenvalue weighted by Gasteiger charge is 2.06. The third kappa shape index (κ3) is 4.59. The Bertz CT molecular complexity index is 569. The van der Waals surface area contributed by atoms with Crippen LogP contribution in [0.2, 0.25) is 0 Å². The fourth-order valence-corrected chi connectivity index (χ4v) is 2.50. The lowest BCUT2D eigenvalue weighted by Crippen LogP contribution is -2.19. The van der Waals surface area contributed by atoms with Crippen LogP contribution >= 0.6 is 0 Å². The maximum absolute atomic E-state index is 5.28. The van der Waals surface area contributed by atoms with E-state index in [0.29, 0.717) is 0 Å². The van der Waals surface area contributed by atoms with Crippen molar-refractivity contribution in [1.29, 1.82) is 0 Å². The van der Waals surface area contributed by atoms with Gasteiger partial charge in [0.15, 0.2) is 0 Å². The molecule has 0 saturated heterocycles. The van der Waals surface area contributed by atoms with E-state index < -0.39 is 0 Å². The van der Waals surface area contributed by atoms with Gasteiger partial charge in [0.2, 0.25) is 0 Å². The molecule has 3 nitrogen and oxygen atoms in total. The van der Waals surface area contributed by atoms with Crippen LogP contribution < -0.4 is 10.1 Å². The maximum atomic E-state index is 5.28. The lowest BCUT2D eigenvalue weighted by molar-refractivity contribution is 0.317. The molecule has 0 unspecified atom stereocenters. The minimum Gasteiger partial charge on any atom is -0.497 e. The largest absolute Gasteiger partial charge is 0.497 e. The number of methoxy groups -OCH3 is 1. The Kier molecular flexibility index (Phi) is 5.78. The summed E-state index contributed by atoms with van der Waals surface area (Å²) in [5.41, 5.74) is 4.00. The van der Waals surface area contributed by atoms with Gasteiger partial charge in [0, 0.05) is 19.6 Å². The van der Waals surface area contributed by atoms with Crippen LogP contribution in [0, 0.1) is 0 Å². The summed E-state index contributed by atoms with van der Waals surface area (Å²) in [5, 5.41) is 3.23. The second-order valence-corrected chi connectivity index (χ2v) is 5.32. The van der Waals surface area contributed by atoms with Crippen LogP contribution in [0.1, 0.15) is 16.7 Å². The van der Waals surface area contributed by atoms with Gasteiger partial charge in [-0.25, -0.2) is 0 Å². The summed E-state index contributed by atoms with van der Waals surface area (Å²) in [5.74, 6) is 0.913. The number of hydrogen-bond donors (Lipinski definition) is 1. The molecule has 0 spiro atoms. The van der Waals surface area contributed by atoms with Crippen molar-refractivity contribution in [2.24, 2.45) is 0 Å². The number of ether oxygens (including phenoxy) is 1. The van der Waals surface area contributed by atoms with Crippen LogP contribution in [0.5, 0.6) is 5.75 Å². The van der Waals surface area contributed by atoms with Crippen molar-refractivity contribution in [1.82, 2.24) is 10.2 Å². The Morgan fingerprint density at radius 2 is 1.76 bits per heavy atom. The van der Waals surface area contributed by atoms with E-state index in [1.807, 2.05) is 19.2 Å². The van der Waals surface area contributed by atoms with Crippen LogP contribution in [0.25, 0.3) is 0 Å². The molecule has 0 bridgehead atoms. The monoisotopic (exact) mass is 284 g/mol. The first-order valence-corrected chi connectivity index (χ1v) is 7.25. The maximum Gasteiger partial charge on any atom is 0.119 e. The molecule has 2 aromatic carbocycles. The zero-order valence-electron chi connectivity index (χ0n) is 13.1. The average molecular weight is 284 g/mol. The Hall–Kier alpha value is -1.84. The molecule has 3 heteroatoms. The standard InChI is InChI=1S/C18H24N2O/c1-19-12-16-8-4-5-9-17(16)14-20(2)13-15-7-6-10-18(11-15)21-3/h4-11,19H,12-14H2,1-3H3. The van der Waals surface area contributed by atoms with Gasteiger partial charge in [0.05, 0.1) is 7.11 Å². The molecule has 112 valence electrons. The number of benzene rings is 2. The smallest absolute Gasteiger partial charge is 0.119 e. The quantitative estimate of drug-likeness (QED) is 0.846. The summed E-state index contributed by atoms with van der Waals surface area (Å²) in [6.45, 7) is 2.75. The van der Waals surface area contributed by atoms with E-state index in [2.05, 4.69) is 53.7 Å². The molecule has 0 fully saturated rings. The summed E-state index contributed by atoms with van der Waals surface area (Å²) in [7, 11) is 5.84. The molecule has 0 aromatic heterocycles. The summed E-state index contributed by atoms with van der Waals surface area (Å²) in [6, 6.07) is 16.8. The molecule has 0 radical (unpaired) electrons. The minimum absolute atomic E-state index is 0.906. The molecule has 0 aliphatic carbocycles. The second kappa shape index (κ2) is 7.81. The van der Waals surface area contributed by atoms with Gasteiger partial charge in [-0.1, -0.05) is 36.4 Å². The summed E-state index contributed by atoms with van der Waals surface area (Å²) in [6.07, 6.45) is 0. The van der Waals surface area contributed by atoms with E-state index in [1.165, 1.54) is 16.7 Å². The van der Waals surface area contributed by atoms with E-state index in [-0.39, 0.29) is 0 Å². The van der Waals surface area contributed by atoms with E-state index in [0.717, 1.165) is 25.4 Å². The number of nitrogens with zero attached hydrogens (tertiary/aromatic N) is 1. The van der Waals surface area contributed by atoms with Gasteiger partial charge in [-0.15, -0.1) is 0 Å². The van der Waals surface area contributed by atoms with E-state index in [4.69, 9.17) is 4.74 Å². The van der Waals surface area contributed by atoms with Crippen LogP contribution in [-0.2, 0) is 19.6 Å². The van der Waals surface area contributed by atoms with Crippen LogP contribution in [0.4, 0.5) is 0 Å². The van der Waals surface area contributed by atoms with Crippen LogP contribution in [-0.4, -0.2) is 26.1 Å². The lowest BCUT2D eigenvalue weighted by Gasteiger charge is -2.19. The summed E-state index contributed by atoms with van der Waals surface area (Å²) in [4.78, 5) is 2.32. The fourth-order valence-electron chi connectivity index (χ4n) is 2.50. The molecular formula is C18H24N2O. The highest BCUT2D eigenvalue weighted by Crippen LogP contribution is 2.16. The highest BCUT2D eigenvalue weighted by molar-refractivity contribution is 5.29. The van der Waals surface area contributed by atoms with Crippen LogP contribution in [0.3, 0.4) is 0 Å². The Morgan fingerprint density at radius 3 is 2.48 bits per heavy atom. The van der Waals surface area contributed by atoms with E-state index in [9.17, 15) is 0 Å². The Labute approximate surface area is 127 Å². The van der Waals surface area contributed by atoms with Gasteiger partial charge < -0.3 is 10.1 Å². The van der Waals surface area contributed by atoms with Crippen molar-refractivity contribution in [3.05, 3.63) is 65.2 Å². The van der Waals surface area contributed by atoms with E-state index >= 15 is 0 Å². The molecular weight excluding hydrogens is 260 g/mol. The predicted octanol–water partition coefficient (Wildman–Crippen LogP) is 3.05. The summed E-state index contributed by atoms with van der Waals surface area (Å²) < 4.78 is 5.28. The highest BCUT2D eigenvalue weighted by atomic mass is 16.5. The van der Waals surface area contributed by atoms with Gasteiger partial charge in [0.25, 0.3) is 0 Å². The SMILES string of the molecule is CNCc1ccccc1CN(C)Cc1cccc(OC)c1. The predicted molar refractivity (Wildman–Crippen MR) is 87.4 cm³/mol. The van der Waals surface area contributed by atoms with Crippen molar-refractivity contribution < 1.29 is 4.74 Å². The van der Waals surface area contributed by atoms with Gasteiger partial charge in [-0.3, -0.25) is 4.90 Å². The molecule has 1 N–H and O–H groups in total. The summed E-state index contributed by atoms with van der Waals surface area (Å²) >= 11 is 0. The molecule has 21 heavy (non-hydrogen) atoms. The third-order valence-electron chi connectivity index (χ3n) is 3.51. The van der Waals surface area contributed by atoms with Crippen molar-refractivity contribution >= 4 is 0 Å². The molecule has 0 saturated carbocycles. The first-order chi connectivity index (χ1) is 10.2. The molecule has 2 rings (SSSR count). The average Bonchev–Trinajstić information content (AvgIpc) is 2.49. The van der Waals surface area contributed by atoms with Crippen LogP contribution in [0.15, 0.2) is 48.5 Å². The van der Waals surface area contributed by atoms with Gasteiger partial charge in [-0.05, 0) is 42.9 Å². The van der Waals surface area contributed by atoms with Crippen molar-refractivity contribution in [3.8, 4) is 5.75 Å². The van der Waals surface area contributed by atoms with Gasteiger partial charge in [0.1, 0.15) is 5.75 Å². The topological polar surface area (TPSA) is 24.5 Å². The Morgan fingerprint density at radius 1 is 1.00 bits per heavy atom. The minimum atomic E-state index is 0.906. The first kappa shape index (κ1) is 15.5. The molecule has 0 atom stereocenters. The third-order valence-corrected chi connectivity index (χ3v) is 3.51. The lowest BCUT2D eigenvalue weighted by atomic mass is 10.1. The Balaban J connectivity index is 2.02. The molecule has 0 heterocycles. The van der Waals surface area contributed by atoms with Crippen molar-refractivity contribution in [3.63, 3.8) is 0 Å². The zero-order chi connectivity index (χ0) is 15.1. The van der Waals surface area contributed by atoms with E-state index in [1.54, 1.807) is 7.11 Å². The molecule has 2 aromatic rings. The first-order valence-electron chi connectivity index (χ1n) is 7.25. The van der Waals surface area contributed by atoms with Gasteiger partial charge >= 0.3 is 0 Å². The normalized spacial score (nSPS) is 10.9. The molecule has 0 aliphatic rings. The van der Waals surface area contributed by atoms with Crippen molar-refractivity contribution in [2.45, 2.75) is 19.6 Å². The number of rotatable bonds is 7. The van der Waals surface area contributed by atoms with Crippen molar-refractivity contribution in [2.75, 3.05) is 21.2 Å². The molecule has 0 aliphatic heterocycles. The number of hydrogen-bond acceptors (Lipinski definition) is 3. The second-order valence-electron chi connectivity index (χ2n) is 5.32. The van der Waals surface area contributed by atoms with Gasteiger partial charge in [-0.2, -0.15) is 0 Å². The fraction of sp³-hybridized carbons (Fsp3) is 0.333. The molecule has 0 amide bonds. The number of nitrogens with one attached hydrogen (secondary N) is 1. The zero-order valence-corrected chi connectivity index (χ0v) is 13.1.